The van der Waals surface area contributed by atoms with E-state index in [1.807, 2.05) is 6.07 Å². The molecule has 0 atom stereocenters. The summed E-state index contributed by atoms with van der Waals surface area (Å²) in [5, 5.41) is 46.0. The second-order valence-corrected chi connectivity index (χ2v) is 28.4. The standard InChI is InChI=1S/C44H39N11O21S8/c1-20-12-29(51-53-37-21(2)25(19-45)42-47-38-31(55(42)43(37)56)6-7-34(40(38)75-3)82(66,67)68)32(76-8-4-10-79(57,58)59)17-27(20)49-52-30-16-26(46)28(18-33(30)77-9-5-11-80(60,61)62)50-54-44-48-39-36(84(72,73)74)15-23-24(41(39)78-44)13-22(81(63,64)65)14-35(23)83(69,70)71/h6-7,12-18,56H,4-5,8-11,46H2,1-3H3,(H,57,58,59)(H,60,61,62)(H,63,64,65)(H,66,67,68)(H,69,70,71)(H,72,73,74). The first kappa shape index (κ1) is 62.5. The van der Waals surface area contributed by atoms with E-state index >= 15 is 0 Å². The van der Waals surface area contributed by atoms with Gasteiger partial charge >= 0.3 is 0 Å². The first-order valence-corrected chi connectivity index (χ1v) is 33.7. The molecular weight excluding hydrogens is 1280 g/mol. The zero-order valence-corrected chi connectivity index (χ0v) is 49.1. The fourth-order valence-electron chi connectivity index (χ4n) is 8.07. The molecule has 8 rings (SSSR count). The second kappa shape index (κ2) is 23.2. The van der Waals surface area contributed by atoms with Gasteiger partial charge in [0, 0.05) is 27.3 Å². The van der Waals surface area contributed by atoms with Crippen LogP contribution in [-0.4, -0.2) is 128 Å². The monoisotopic (exact) mass is 1310 g/mol. The van der Waals surface area contributed by atoms with Crippen LogP contribution >= 0.6 is 23.1 Å². The Hall–Kier alpha value is -7.50. The number of ether oxygens (including phenoxy) is 2. The summed E-state index contributed by atoms with van der Waals surface area (Å²) >= 11 is 1.48. The summed E-state index contributed by atoms with van der Waals surface area (Å²) in [6.07, 6.45) is -0.339. The van der Waals surface area contributed by atoms with Crippen molar-refractivity contribution in [3.05, 3.63) is 71.3 Å². The summed E-state index contributed by atoms with van der Waals surface area (Å²) in [6, 6.07) is 11.2. The molecule has 9 N–H and O–H groups in total. The van der Waals surface area contributed by atoms with E-state index in [2.05, 4.69) is 40.7 Å². The van der Waals surface area contributed by atoms with Crippen molar-refractivity contribution < 1.29 is 92.4 Å². The van der Waals surface area contributed by atoms with E-state index in [9.17, 15) is 88.2 Å². The Morgan fingerprint density at radius 3 is 1.93 bits per heavy atom. The van der Waals surface area contributed by atoms with Crippen molar-refractivity contribution in [2.75, 3.05) is 36.7 Å². The maximum absolute atomic E-state index is 12.6. The van der Waals surface area contributed by atoms with Crippen LogP contribution in [0.5, 0.6) is 17.4 Å². The molecule has 0 saturated heterocycles. The third kappa shape index (κ3) is 13.5. The molecule has 0 fully saturated rings. The number of nitrogens with two attached hydrogens (primary N) is 1. The minimum atomic E-state index is -5.33. The van der Waals surface area contributed by atoms with E-state index in [-0.39, 0.29) is 108 Å². The summed E-state index contributed by atoms with van der Waals surface area (Å²) in [5.41, 5.74) is 5.22. The summed E-state index contributed by atoms with van der Waals surface area (Å²) < 4.78 is 215. The molecule has 40 heteroatoms. The summed E-state index contributed by atoms with van der Waals surface area (Å²) in [6.45, 7) is 2.62. The maximum atomic E-state index is 12.6. The number of aryl methyl sites for hydroxylation is 1. The molecular formula is C44H39N11O21S8. The van der Waals surface area contributed by atoms with E-state index in [4.69, 9.17) is 15.2 Å². The molecule has 0 radical (unpaired) electrons. The van der Waals surface area contributed by atoms with Crippen LogP contribution in [0.4, 0.5) is 39.3 Å². The van der Waals surface area contributed by atoms with Crippen molar-refractivity contribution in [3.63, 3.8) is 0 Å². The van der Waals surface area contributed by atoms with Crippen LogP contribution in [0.3, 0.4) is 0 Å². The average Bonchev–Trinajstić information content (AvgIpc) is 2.91. The highest BCUT2D eigenvalue weighted by atomic mass is 32.2. The highest BCUT2D eigenvalue weighted by Crippen LogP contribution is 2.46. The van der Waals surface area contributed by atoms with Crippen LogP contribution < -0.4 is 15.2 Å². The van der Waals surface area contributed by atoms with Gasteiger partial charge in [-0.15, -0.1) is 37.3 Å². The number of methoxy groups -OCH3 is 1. The first-order valence-electron chi connectivity index (χ1n) is 22.9. The van der Waals surface area contributed by atoms with Crippen molar-refractivity contribution >= 4 is 161 Å². The van der Waals surface area contributed by atoms with Crippen molar-refractivity contribution in [3.8, 4) is 23.4 Å². The van der Waals surface area contributed by atoms with Gasteiger partial charge in [-0.1, -0.05) is 11.3 Å². The molecule has 444 valence electrons. The van der Waals surface area contributed by atoms with Gasteiger partial charge in [0.1, 0.15) is 60.2 Å². The Morgan fingerprint density at radius 1 is 0.679 bits per heavy atom. The number of azo groups is 3. The normalized spacial score (nSPS) is 13.2. The molecule has 3 heterocycles. The van der Waals surface area contributed by atoms with Gasteiger partial charge in [0.2, 0.25) is 11.0 Å². The highest BCUT2D eigenvalue weighted by molar-refractivity contribution is 7.99. The van der Waals surface area contributed by atoms with Crippen LogP contribution in [0.2, 0.25) is 0 Å². The van der Waals surface area contributed by atoms with Crippen LogP contribution in [0.1, 0.15) is 29.5 Å². The number of anilines is 1. The molecule has 0 bridgehead atoms. The largest absolute Gasteiger partial charge is 0.493 e. The quantitative estimate of drug-likeness (QED) is 0.0110. The van der Waals surface area contributed by atoms with Gasteiger partial charge < -0.3 is 20.3 Å². The van der Waals surface area contributed by atoms with Crippen LogP contribution in [-0.2, 0) is 60.7 Å². The van der Waals surface area contributed by atoms with Crippen molar-refractivity contribution in [2.45, 2.75) is 51.2 Å². The molecule has 0 amide bonds. The van der Waals surface area contributed by atoms with E-state index in [1.165, 1.54) is 37.3 Å². The molecule has 3 aromatic heterocycles. The maximum Gasteiger partial charge on any atom is 0.298 e. The van der Waals surface area contributed by atoms with Crippen LogP contribution in [0, 0.1) is 25.2 Å². The number of nitrogens with zero attached hydrogens (tertiary/aromatic N) is 10. The van der Waals surface area contributed by atoms with Gasteiger partial charge in [0.25, 0.3) is 60.7 Å². The highest BCUT2D eigenvalue weighted by Gasteiger charge is 2.29. The molecule has 8 aromatic rings. The molecule has 0 aliphatic heterocycles. The number of fused-ring (bicyclic) bond motifs is 6. The number of nitrogen functional groups attached to an aromatic ring is 1. The number of benzene rings is 5. The summed E-state index contributed by atoms with van der Waals surface area (Å²) in [5.74, 6) is -2.49. The van der Waals surface area contributed by atoms with E-state index in [1.54, 1.807) is 6.92 Å². The molecule has 32 nitrogen and oxygen atoms in total. The number of hydrogen-bond donors (Lipinski definition) is 8. The van der Waals surface area contributed by atoms with Gasteiger partial charge in [-0.3, -0.25) is 31.7 Å². The number of thioether (sulfide) groups is 1. The number of pyridine rings is 1. The van der Waals surface area contributed by atoms with Gasteiger partial charge in [-0.05, 0) is 86.5 Å². The number of rotatable bonds is 21. The third-order valence-corrected chi connectivity index (χ3v) is 19.0. The number of aromatic hydroxyl groups is 1. The van der Waals surface area contributed by atoms with Gasteiger partial charge in [-0.25, -0.2) is 9.97 Å². The Kier molecular flexibility index (Phi) is 17.2. The van der Waals surface area contributed by atoms with Crippen molar-refractivity contribution in [1.82, 2.24) is 14.4 Å². The zero-order valence-electron chi connectivity index (χ0n) is 42.6. The number of aromatic nitrogens is 3. The first-order chi connectivity index (χ1) is 39.0. The van der Waals surface area contributed by atoms with Gasteiger partial charge in [0.15, 0.2) is 17.1 Å². The molecule has 84 heavy (non-hydrogen) atoms. The summed E-state index contributed by atoms with van der Waals surface area (Å²) in [4.78, 5) is 4.82. The lowest BCUT2D eigenvalue weighted by atomic mass is 10.1. The molecule has 0 aliphatic rings. The smallest absolute Gasteiger partial charge is 0.298 e. The molecule has 0 aliphatic carbocycles. The minimum Gasteiger partial charge on any atom is -0.493 e. The van der Waals surface area contributed by atoms with Crippen LogP contribution in [0.15, 0.2) is 110 Å². The average molecular weight is 1310 g/mol. The van der Waals surface area contributed by atoms with Crippen LogP contribution in [0.25, 0.3) is 37.7 Å². The Morgan fingerprint density at radius 2 is 1.31 bits per heavy atom. The zero-order chi connectivity index (χ0) is 61.8. The molecule has 0 spiro atoms. The number of hydrogen-bond acceptors (Lipinski definition) is 27. The third-order valence-electron chi connectivity index (χ3n) is 11.8. The Bertz CT molecular complexity index is 4970. The van der Waals surface area contributed by atoms with E-state index < -0.39 is 119 Å². The van der Waals surface area contributed by atoms with E-state index in [0.29, 0.717) is 29.0 Å². The number of thiazole rings is 1. The molecule has 5 aromatic carbocycles. The van der Waals surface area contributed by atoms with Gasteiger partial charge in [-0.2, -0.15) is 60.9 Å². The Balaban J connectivity index is 1.20. The van der Waals surface area contributed by atoms with E-state index in [0.717, 1.165) is 35.4 Å². The molecule has 0 saturated carbocycles. The fourth-order valence-corrected chi connectivity index (χ4v) is 13.8. The Labute approximate surface area is 482 Å². The number of imidazole rings is 1. The minimum absolute atomic E-state index is 0.0155. The lowest BCUT2D eigenvalue weighted by Crippen LogP contribution is -2.08. The lowest BCUT2D eigenvalue weighted by Gasteiger charge is -2.12. The van der Waals surface area contributed by atoms with Crippen molar-refractivity contribution in [2.24, 2.45) is 30.7 Å². The number of nitriles is 1. The second-order valence-electron chi connectivity index (χ2n) is 17.5. The SMILES string of the molecule is COc1c(S(=O)(=O)O)ccc2c1nc1c(C#N)c(C)c(N=Nc3cc(C)c(N=Nc4cc(N)c(N=Nc5nc6c(S(=O)(=O)O)cc7c(S(=O)(=O)O)cc(S(=O)(=O)O)cc7c6s5)cc4SCCCS(=O)(=O)O)cc3OCCCS(=O)(=O)O)c(O)n12. The topological polar surface area (TPSA) is 519 Å². The summed E-state index contributed by atoms with van der Waals surface area (Å²) in [7, 11) is -28.3. The molecule has 0 unspecified atom stereocenters. The lowest BCUT2D eigenvalue weighted by molar-refractivity contribution is 0.317. The predicted molar refractivity (Wildman–Crippen MR) is 300 cm³/mol. The van der Waals surface area contributed by atoms with Crippen molar-refractivity contribution in [1.29, 1.82) is 5.26 Å². The fraction of sp³-hybridized carbons (Fsp3) is 0.205. The predicted octanol–water partition coefficient (Wildman–Crippen LogP) is 8.30. The van der Waals surface area contributed by atoms with Gasteiger partial charge in [0.05, 0.1) is 51.7 Å².